The molecule has 22 heavy (non-hydrogen) atoms. The van der Waals surface area contributed by atoms with Gasteiger partial charge in [-0.3, -0.25) is 4.99 Å². The molecule has 0 bridgehead atoms. The Bertz CT molecular complexity index is 568. The Labute approximate surface area is 154 Å². The van der Waals surface area contributed by atoms with Gasteiger partial charge in [0.1, 0.15) is 4.21 Å². The summed E-state index contributed by atoms with van der Waals surface area (Å²) < 4.78 is 26.6. The molecule has 0 saturated heterocycles. The van der Waals surface area contributed by atoms with Crippen LogP contribution in [0.1, 0.15) is 18.7 Å². The van der Waals surface area contributed by atoms with Crippen LogP contribution in [0.4, 0.5) is 0 Å². The summed E-state index contributed by atoms with van der Waals surface area (Å²) >= 11 is 1.34. The maximum atomic E-state index is 12.4. The molecular weight excluding hydrogens is 435 g/mol. The molecule has 0 radical (unpaired) electrons. The molecule has 6 nitrogen and oxygen atoms in total. The van der Waals surface area contributed by atoms with Crippen LogP contribution < -0.4 is 10.6 Å². The van der Waals surface area contributed by atoms with Crippen molar-refractivity contribution in [3.63, 3.8) is 0 Å². The van der Waals surface area contributed by atoms with Gasteiger partial charge in [-0.15, -0.1) is 35.3 Å². The van der Waals surface area contributed by atoms with Gasteiger partial charge in [-0.05, 0) is 18.6 Å². The second-order valence-corrected chi connectivity index (χ2v) is 7.64. The summed E-state index contributed by atoms with van der Waals surface area (Å²) in [6, 6.07) is 3.57. The Balaban J connectivity index is 0.00000441. The SMILES string of the molecule is CCN(CC)S(=O)(=O)c1ccc(CCNC(=NC)NC)s1.I. The number of nitrogens with zero attached hydrogens (tertiary/aromatic N) is 2. The number of halogens is 1. The van der Waals surface area contributed by atoms with E-state index in [0.29, 0.717) is 23.8 Å². The highest BCUT2D eigenvalue weighted by Crippen LogP contribution is 2.25. The lowest BCUT2D eigenvalue weighted by atomic mass is 10.3. The van der Waals surface area contributed by atoms with Gasteiger partial charge in [0.15, 0.2) is 5.96 Å². The molecule has 0 atom stereocenters. The van der Waals surface area contributed by atoms with Gasteiger partial charge in [-0.1, -0.05) is 13.8 Å². The molecule has 9 heteroatoms. The molecule has 0 aliphatic carbocycles. The molecule has 1 aromatic rings. The third-order valence-corrected chi connectivity index (χ3v) is 6.72. The van der Waals surface area contributed by atoms with Gasteiger partial charge < -0.3 is 10.6 Å². The summed E-state index contributed by atoms with van der Waals surface area (Å²) in [5.41, 5.74) is 0. The quantitative estimate of drug-likeness (QED) is 0.370. The molecule has 0 saturated carbocycles. The van der Waals surface area contributed by atoms with E-state index < -0.39 is 10.0 Å². The Morgan fingerprint density at radius 1 is 1.32 bits per heavy atom. The molecule has 2 N–H and O–H groups in total. The maximum absolute atomic E-state index is 12.4. The Morgan fingerprint density at radius 3 is 2.45 bits per heavy atom. The minimum Gasteiger partial charge on any atom is -0.359 e. The van der Waals surface area contributed by atoms with E-state index in [9.17, 15) is 8.42 Å². The number of hydrogen-bond acceptors (Lipinski definition) is 4. The van der Waals surface area contributed by atoms with Crippen LogP contribution in [0, 0.1) is 0 Å². The van der Waals surface area contributed by atoms with Crippen molar-refractivity contribution < 1.29 is 8.42 Å². The maximum Gasteiger partial charge on any atom is 0.252 e. The van der Waals surface area contributed by atoms with Crippen molar-refractivity contribution in [1.82, 2.24) is 14.9 Å². The zero-order chi connectivity index (χ0) is 15.9. The number of aliphatic imine (C=N–C) groups is 1. The largest absolute Gasteiger partial charge is 0.359 e. The van der Waals surface area contributed by atoms with E-state index in [1.807, 2.05) is 19.9 Å². The van der Waals surface area contributed by atoms with Crippen LogP contribution in [-0.2, 0) is 16.4 Å². The van der Waals surface area contributed by atoms with Crippen molar-refractivity contribution in [3.8, 4) is 0 Å². The summed E-state index contributed by atoms with van der Waals surface area (Å²) in [6.07, 6.45) is 0.763. The van der Waals surface area contributed by atoms with Gasteiger partial charge in [0.2, 0.25) is 0 Å². The molecule has 0 aromatic carbocycles. The minimum absolute atomic E-state index is 0. The van der Waals surface area contributed by atoms with Gasteiger partial charge in [-0.2, -0.15) is 4.31 Å². The van der Waals surface area contributed by atoms with E-state index in [-0.39, 0.29) is 24.0 Å². The summed E-state index contributed by atoms with van der Waals surface area (Å²) in [5, 5.41) is 6.08. The zero-order valence-electron chi connectivity index (χ0n) is 13.4. The van der Waals surface area contributed by atoms with Crippen molar-refractivity contribution in [2.45, 2.75) is 24.5 Å². The number of rotatable bonds is 7. The first-order chi connectivity index (χ1) is 9.99. The lowest BCUT2D eigenvalue weighted by molar-refractivity contribution is 0.447. The number of nitrogens with one attached hydrogen (secondary N) is 2. The molecule has 0 aliphatic heterocycles. The van der Waals surface area contributed by atoms with Crippen LogP contribution in [0.2, 0.25) is 0 Å². The fraction of sp³-hybridized carbons (Fsp3) is 0.615. The molecule has 0 unspecified atom stereocenters. The molecular formula is C13H25IN4O2S2. The fourth-order valence-corrected chi connectivity index (χ4v) is 4.87. The predicted octanol–water partition coefficient (Wildman–Crippen LogP) is 1.73. The van der Waals surface area contributed by atoms with E-state index in [4.69, 9.17) is 0 Å². The first-order valence-electron chi connectivity index (χ1n) is 6.96. The Kier molecular flexibility index (Phi) is 10.2. The van der Waals surface area contributed by atoms with E-state index >= 15 is 0 Å². The topological polar surface area (TPSA) is 73.8 Å². The summed E-state index contributed by atoms with van der Waals surface area (Å²) in [4.78, 5) is 5.06. The molecule has 0 fully saturated rings. The predicted molar refractivity (Wildman–Crippen MR) is 104 cm³/mol. The molecule has 0 aliphatic rings. The van der Waals surface area contributed by atoms with Gasteiger partial charge in [0.25, 0.3) is 10.0 Å². The van der Waals surface area contributed by atoms with Gasteiger partial charge in [0, 0.05) is 38.6 Å². The second kappa shape index (κ2) is 10.4. The minimum atomic E-state index is -3.34. The normalized spacial score (nSPS) is 12.1. The van der Waals surface area contributed by atoms with Crippen LogP contribution in [0.3, 0.4) is 0 Å². The summed E-state index contributed by atoms with van der Waals surface area (Å²) in [7, 11) is 0.172. The van der Waals surface area contributed by atoms with Crippen molar-refractivity contribution in [2.24, 2.45) is 4.99 Å². The van der Waals surface area contributed by atoms with Crippen LogP contribution in [-0.4, -0.2) is 52.4 Å². The van der Waals surface area contributed by atoms with Crippen LogP contribution in [0.15, 0.2) is 21.3 Å². The highest BCUT2D eigenvalue weighted by molar-refractivity contribution is 14.0. The smallest absolute Gasteiger partial charge is 0.252 e. The number of guanidine groups is 1. The average molecular weight is 460 g/mol. The monoisotopic (exact) mass is 460 g/mol. The van der Waals surface area contributed by atoms with Crippen molar-refractivity contribution in [1.29, 1.82) is 0 Å². The van der Waals surface area contributed by atoms with Gasteiger partial charge >= 0.3 is 0 Å². The third-order valence-electron chi connectivity index (χ3n) is 3.06. The first-order valence-corrected chi connectivity index (χ1v) is 9.22. The van der Waals surface area contributed by atoms with E-state index in [0.717, 1.165) is 17.3 Å². The third kappa shape index (κ3) is 5.67. The second-order valence-electron chi connectivity index (χ2n) is 4.31. The van der Waals surface area contributed by atoms with E-state index in [1.165, 1.54) is 15.6 Å². The molecule has 0 amide bonds. The highest BCUT2D eigenvalue weighted by atomic mass is 127. The lowest BCUT2D eigenvalue weighted by Crippen LogP contribution is -2.35. The standard InChI is InChI=1S/C13H24N4O2S2.HI/c1-5-17(6-2)21(18,19)12-8-7-11(20-12)9-10-16-13(14-3)15-4;/h7-8H,5-6,9-10H2,1-4H3,(H2,14,15,16);1H. The van der Waals surface area contributed by atoms with Crippen LogP contribution in [0.5, 0.6) is 0 Å². The first kappa shape index (κ1) is 21.6. The number of hydrogen-bond donors (Lipinski definition) is 2. The van der Waals surface area contributed by atoms with Crippen LogP contribution in [0.25, 0.3) is 0 Å². The molecule has 1 heterocycles. The summed E-state index contributed by atoms with van der Waals surface area (Å²) in [6.45, 7) is 5.39. The molecule has 128 valence electrons. The number of sulfonamides is 1. The summed E-state index contributed by atoms with van der Waals surface area (Å²) in [5.74, 6) is 0.725. The van der Waals surface area contributed by atoms with Gasteiger partial charge in [-0.25, -0.2) is 8.42 Å². The highest BCUT2D eigenvalue weighted by Gasteiger charge is 2.23. The van der Waals surface area contributed by atoms with Crippen molar-refractivity contribution in [2.75, 3.05) is 33.7 Å². The lowest BCUT2D eigenvalue weighted by Gasteiger charge is -2.16. The molecule has 1 rings (SSSR count). The van der Waals surface area contributed by atoms with Crippen LogP contribution >= 0.6 is 35.3 Å². The van der Waals surface area contributed by atoms with Gasteiger partial charge in [0.05, 0.1) is 0 Å². The fourth-order valence-electron chi connectivity index (χ4n) is 1.91. The Morgan fingerprint density at radius 2 is 1.95 bits per heavy atom. The zero-order valence-corrected chi connectivity index (χ0v) is 17.4. The molecule has 1 aromatic heterocycles. The van der Waals surface area contributed by atoms with Crippen molar-refractivity contribution >= 4 is 51.3 Å². The average Bonchev–Trinajstić information content (AvgIpc) is 2.94. The van der Waals surface area contributed by atoms with Crippen molar-refractivity contribution in [3.05, 3.63) is 17.0 Å². The van der Waals surface area contributed by atoms with E-state index in [2.05, 4.69) is 15.6 Å². The molecule has 0 spiro atoms. The van der Waals surface area contributed by atoms with E-state index in [1.54, 1.807) is 20.2 Å². The Hall–Kier alpha value is -0.390. The number of thiophene rings is 1.